The molecule has 0 atom stereocenters. The van der Waals surface area contributed by atoms with E-state index in [4.69, 9.17) is 14.2 Å². The van der Waals surface area contributed by atoms with E-state index in [2.05, 4.69) is 25.5 Å². The third-order valence-corrected chi connectivity index (χ3v) is 14.4. The summed E-state index contributed by atoms with van der Waals surface area (Å²) < 4.78 is 15.8. The van der Waals surface area contributed by atoms with Crippen LogP contribution < -0.4 is 20.4 Å². The van der Waals surface area contributed by atoms with Gasteiger partial charge in [-0.15, -0.1) is 45.3 Å². The quantitative estimate of drug-likeness (QED) is 0.0861. The number of hydrogen-bond donors (Lipinski definition) is 3. The molecule has 0 spiro atoms. The first-order chi connectivity index (χ1) is 33.7. The first-order valence-corrected chi connectivity index (χ1v) is 25.9. The van der Waals surface area contributed by atoms with E-state index < -0.39 is 29.0 Å². The topological polar surface area (TPSA) is 213 Å². The average Bonchev–Trinajstić information content (AvgIpc) is 4.19. The normalized spacial score (nSPS) is 14.0. The summed E-state index contributed by atoms with van der Waals surface area (Å²) in [6.45, 7) is 14.9. The number of nitrogens with one attached hydrogen (secondary N) is 2. The van der Waals surface area contributed by atoms with Crippen molar-refractivity contribution in [1.82, 2.24) is 19.8 Å². The minimum absolute atomic E-state index is 0.0639. The molecule has 0 saturated carbocycles. The third-order valence-electron chi connectivity index (χ3n) is 10.6. The van der Waals surface area contributed by atoms with Gasteiger partial charge in [0, 0.05) is 63.1 Å². The molecule has 2 saturated heterocycles. The van der Waals surface area contributed by atoms with Gasteiger partial charge in [0.2, 0.25) is 0 Å². The Balaban J connectivity index is 0.000000209. The molecule has 2 aliphatic rings. The summed E-state index contributed by atoms with van der Waals surface area (Å²) in [6, 6.07) is 17.4. The van der Waals surface area contributed by atoms with Crippen LogP contribution in [-0.4, -0.2) is 131 Å². The molecule has 374 valence electrons. The number of carboxylic acids is 1. The first-order valence-electron chi connectivity index (χ1n) is 22.4. The van der Waals surface area contributed by atoms with Gasteiger partial charge in [0.15, 0.2) is 0 Å². The minimum atomic E-state index is -1.09. The van der Waals surface area contributed by atoms with Gasteiger partial charge in [0.25, 0.3) is 11.8 Å². The molecule has 6 aromatic rings. The highest BCUT2D eigenvalue weighted by Gasteiger charge is 2.30. The number of hydrogen-bond acceptors (Lipinski definition) is 17. The van der Waals surface area contributed by atoms with Crippen molar-refractivity contribution in [2.75, 3.05) is 79.9 Å². The van der Waals surface area contributed by atoms with Crippen molar-refractivity contribution in [2.24, 2.45) is 0 Å². The number of methoxy groups -OCH3 is 1. The van der Waals surface area contributed by atoms with E-state index in [-0.39, 0.29) is 29.4 Å². The lowest BCUT2D eigenvalue weighted by atomic mass is 10.1. The second-order valence-corrected chi connectivity index (χ2v) is 21.7. The Bertz CT molecular complexity index is 2850. The number of benzene rings is 2. The maximum Gasteiger partial charge on any atom is 0.410 e. The van der Waals surface area contributed by atoms with Crippen molar-refractivity contribution in [3.63, 3.8) is 0 Å². The average molecular weight is 1040 g/mol. The fourth-order valence-corrected chi connectivity index (χ4v) is 10.5. The lowest BCUT2D eigenvalue weighted by Crippen LogP contribution is -2.50. The van der Waals surface area contributed by atoms with Gasteiger partial charge >= 0.3 is 24.1 Å². The molecule has 0 radical (unpaired) electrons. The van der Waals surface area contributed by atoms with Crippen molar-refractivity contribution in [3.8, 4) is 19.8 Å². The monoisotopic (exact) mass is 1040 g/mol. The van der Waals surface area contributed by atoms with Crippen LogP contribution in [0.15, 0.2) is 82.2 Å². The number of aromatic nitrogens is 2. The third kappa shape index (κ3) is 13.7. The summed E-state index contributed by atoms with van der Waals surface area (Å²) in [4.78, 5) is 92.9. The van der Waals surface area contributed by atoms with Gasteiger partial charge in [0.1, 0.15) is 32.6 Å². The molecule has 4 amide bonds. The predicted octanol–water partition coefficient (Wildman–Crippen LogP) is 9.85. The number of esters is 1. The number of ether oxygens (including phenoxy) is 3. The van der Waals surface area contributed by atoms with Crippen LogP contribution in [0.5, 0.6) is 0 Å². The number of amides is 4. The van der Waals surface area contributed by atoms with Crippen LogP contribution >= 0.6 is 45.3 Å². The van der Waals surface area contributed by atoms with Crippen LogP contribution in [0.3, 0.4) is 0 Å². The molecule has 2 aromatic carbocycles. The summed E-state index contributed by atoms with van der Waals surface area (Å²) in [5, 5.41) is 24.1. The van der Waals surface area contributed by atoms with E-state index in [9.17, 15) is 33.9 Å². The van der Waals surface area contributed by atoms with E-state index >= 15 is 0 Å². The number of anilines is 4. The molecule has 2 aliphatic heterocycles. The van der Waals surface area contributed by atoms with Crippen LogP contribution in [0.1, 0.15) is 83.2 Å². The van der Waals surface area contributed by atoms with Crippen LogP contribution in [0, 0.1) is 0 Å². The Hall–Kier alpha value is -6.88. The number of carbonyl (C=O) groups excluding carboxylic acids is 5. The summed E-state index contributed by atoms with van der Waals surface area (Å²) in [5.74, 6) is -2.37. The fraction of sp³-hybridized carbons (Fsp3) is 0.347. The summed E-state index contributed by atoms with van der Waals surface area (Å²) in [5.41, 5.74) is 2.09. The van der Waals surface area contributed by atoms with Gasteiger partial charge < -0.3 is 49.6 Å². The Labute approximate surface area is 426 Å². The molecular formula is C49H54N8O10S4. The number of thiophene rings is 2. The molecule has 0 aliphatic carbocycles. The fourth-order valence-electron chi connectivity index (χ4n) is 7.27. The smallest absolute Gasteiger partial charge is 0.410 e. The maximum atomic E-state index is 13.1. The predicted molar refractivity (Wildman–Crippen MR) is 278 cm³/mol. The zero-order chi connectivity index (χ0) is 51.0. The van der Waals surface area contributed by atoms with E-state index in [0.717, 1.165) is 25.5 Å². The molecule has 2 fully saturated rings. The first kappa shape index (κ1) is 52.0. The zero-order valence-corrected chi connectivity index (χ0v) is 43.4. The molecule has 0 bridgehead atoms. The molecule has 8 rings (SSSR count). The van der Waals surface area contributed by atoms with Crippen molar-refractivity contribution in [2.45, 2.75) is 52.7 Å². The number of carboxylic acid groups (broad SMARTS) is 1. The van der Waals surface area contributed by atoms with Crippen LogP contribution in [0.4, 0.5) is 32.3 Å². The highest BCUT2D eigenvalue weighted by atomic mass is 32.1. The number of rotatable bonds is 10. The molecule has 71 heavy (non-hydrogen) atoms. The van der Waals surface area contributed by atoms with Crippen molar-refractivity contribution in [3.05, 3.63) is 105 Å². The molecular weight excluding hydrogens is 989 g/mol. The van der Waals surface area contributed by atoms with Crippen LogP contribution in [-0.2, 0) is 14.2 Å². The van der Waals surface area contributed by atoms with E-state index in [1.807, 2.05) is 81.5 Å². The largest absolute Gasteiger partial charge is 0.478 e. The maximum absolute atomic E-state index is 13.1. The SMILES string of the molecule is CC(C)(C)OC(=O)N1CCN(c2ccc(C(=O)O)cc2NC(=O)c2csc(-c3cccs3)n2)CC1.COC(=O)c1ccc(N2CCN(C(=O)OC(C)(C)C)CC2)c(NC(=O)c2csc(-c3cccs3)n2)c1. The highest BCUT2D eigenvalue weighted by Crippen LogP contribution is 2.34. The number of aromatic carboxylic acids is 1. The number of piperazine rings is 2. The van der Waals surface area contributed by atoms with Crippen molar-refractivity contribution in [1.29, 1.82) is 0 Å². The summed E-state index contributed by atoms with van der Waals surface area (Å²) >= 11 is 5.88. The van der Waals surface area contributed by atoms with E-state index in [1.165, 1.54) is 41.9 Å². The second-order valence-electron chi connectivity index (χ2n) is 18.1. The Morgan fingerprint density at radius 2 is 0.986 bits per heavy atom. The Morgan fingerprint density at radius 3 is 1.35 bits per heavy atom. The van der Waals surface area contributed by atoms with Crippen molar-refractivity contribution < 1.29 is 48.1 Å². The second kappa shape index (κ2) is 22.5. The highest BCUT2D eigenvalue weighted by molar-refractivity contribution is 7.20. The van der Waals surface area contributed by atoms with Gasteiger partial charge in [-0.25, -0.2) is 29.1 Å². The molecule has 3 N–H and O–H groups in total. The lowest BCUT2D eigenvalue weighted by Gasteiger charge is -2.37. The molecule has 6 heterocycles. The zero-order valence-electron chi connectivity index (χ0n) is 40.2. The van der Waals surface area contributed by atoms with E-state index in [0.29, 0.717) is 80.7 Å². The number of nitrogens with zero attached hydrogens (tertiary/aromatic N) is 6. The van der Waals surface area contributed by atoms with Crippen LogP contribution in [0.25, 0.3) is 19.8 Å². The van der Waals surface area contributed by atoms with E-state index in [1.54, 1.807) is 67.5 Å². The van der Waals surface area contributed by atoms with Gasteiger partial charge in [-0.1, -0.05) is 12.1 Å². The van der Waals surface area contributed by atoms with Crippen molar-refractivity contribution >= 4 is 104 Å². The molecule has 18 nitrogen and oxygen atoms in total. The number of thiazole rings is 2. The van der Waals surface area contributed by atoms with Gasteiger partial charge in [-0.2, -0.15) is 0 Å². The number of carbonyl (C=O) groups is 6. The molecule has 22 heteroatoms. The molecule has 4 aromatic heterocycles. The van der Waals surface area contributed by atoms with Gasteiger partial charge in [0.05, 0.1) is 50.7 Å². The molecule has 0 unspecified atom stereocenters. The summed E-state index contributed by atoms with van der Waals surface area (Å²) in [6.07, 6.45) is -0.709. The Kier molecular flexibility index (Phi) is 16.4. The lowest BCUT2D eigenvalue weighted by molar-refractivity contribution is 0.0230. The minimum Gasteiger partial charge on any atom is -0.478 e. The Morgan fingerprint density at radius 1 is 0.577 bits per heavy atom. The summed E-state index contributed by atoms with van der Waals surface area (Å²) in [7, 11) is 1.31. The van der Waals surface area contributed by atoms with Gasteiger partial charge in [-0.3, -0.25) is 9.59 Å². The standard InChI is InChI=1S/C25H28N4O5S2.C24H26N4O5S2/c1-25(2,3)34-24(32)29-11-9-28(10-12-29)19-8-7-16(23(31)33-4)14-17(19)26-21(30)18-15-36-22(27-18)20-6-5-13-35-20;1-24(2,3)33-23(32)28-10-8-27(9-11-28)18-7-6-15(22(30)31)13-16(18)25-20(29)17-14-35-21(26-17)19-5-4-12-34-19/h5-8,13-15H,9-12H2,1-4H3,(H,26,30);4-7,12-14H,8-11H2,1-3H3,(H,25,29)(H,30,31). The van der Waals surface area contributed by atoms with Gasteiger partial charge in [-0.05, 0) is 101 Å². The van der Waals surface area contributed by atoms with Crippen LogP contribution in [0.2, 0.25) is 0 Å².